The minimum Gasteiger partial charge on any atom is -0.356 e. The lowest BCUT2D eigenvalue weighted by molar-refractivity contribution is -0.144. The van der Waals surface area contributed by atoms with Crippen molar-refractivity contribution in [1.29, 1.82) is 0 Å². The van der Waals surface area contributed by atoms with E-state index in [9.17, 15) is 13.2 Å². The zero-order valence-electron chi connectivity index (χ0n) is 8.88. The molecule has 1 unspecified atom stereocenters. The number of alkyl halides is 3. The predicted octanol–water partition coefficient (Wildman–Crippen LogP) is 1.95. The summed E-state index contributed by atoms with van der Waals surface area (Å²) in [4.78, 5) is 3.37. The Labute approximate surface area is 95.2 Å². The van der Waals surface area contributed by atoms with Crippen molar-refractivity contribution in [2.75, 3.05) is 11.9 Å². The van der Waals surface area contributed by atoms with Gasteiger partial charge in [-0.2, -0.15) is 22.5 Å². The van der Waals surface area contributed by atoms with Crippen LogP contribution in [0.3, 0.4) is 0 Å². The second kappa shape index (κ2) is 4.96. The molecule has 1 aromatic rings. The minimum absolute atomic E-state index is 0.103. The van der Waals surface area contributed by atoms with E-state index in [1.54, 1.807) is 0 Å². The molecule has 3 N–H and O–H groups in total. The summed E-state index contributed by atoms with van der Waals surface area (Å²) in [7, 11) is 0. The largest absolute Gasteiger partial charge is 0.452 e. The molecule has 0 bridgehead atoms. The fourth-order valence-corrected chi connectivity index (χ4v) is 1.70. The molecule has 4 nitrogen and oxygen atoms in total. The number of nitrogens with zero attached hydrogens (tertiary/aromatic N) is 2. The first kappa shape index (κ1) is 13.2. The molecule has 0 aliphatic carbocycles. The Bertz CT molecular complexity index is 336. The minimum atomic E-state index is -4.49. The van der Waals surface area contributed by atoms with Gasteiger partial charge in [0.15, 0.2) is 0 Å². The molecule has 0 aliphatic rings. The van der Waals surface area contributed by atoms with E-state index in [4.69, 9.17) is 5.73 Å². The lowest BCUT2D eigenvalue weighted by Gasteiger charge is -2.19. The summed E-state index contributed by atoms with van der Waals surface area (Å²) in [6.45, 7) is 4.19. The molecule has 8 heteroatoms. The molecule has 1 atom stereocenters. The third-order valence-electron chi connectivity index (χ3n) is 2.05. The highest BCUT2D eigenvalue weighted by Gasteiger charge is 2.36. The molecular formula is C8H13F3N4S. The Hall–Kier alpha value is -0.890. The quantitative estimate of drug-likeness (QED) is 0.862. The van der Waals surface area contributed by atoms with Crippen molar-refractivity contribution in [2.24, 2.45) is 11.7 Å². The van der Waals surface area contributed by atoms with Gasteiger partial charge in [-0.25, -0.2) is 0 Å². The Kier molecular flexibility index (Phi) is 4.09. The van der Waals surface area contributed by atoms with Crippen LogP contribution in [0.1, 0.15) is 19.7 Å². The first-order valence-electron chi connectivity index (χ1n) is 4.72. The van der Waals surface area contributed by atoms with Crippen molar-refractivity contribution in [3.63, 3.8) is 0 Å². The standard InChI is InChI=1S/C8H13F3N4S/c1-4(2)5(3-12)13-7-14-6(15-16-7)8(9,10)11/h4-5H,3,12H2,1-2H3,(H,13,14,15). The lowest BCUT2D eigenvalue weighted by atomic mass is 10.1. The Morgan fingerprint density at radius 2 is 2.06 bits per heavy atom. The van der Waals surface area contributed by atoms with Crippen molar-refractivity contribution >= 4 is 16.7 Å². The van der Waals surface area contributed by atoms with Crippen LogP contribution in [-0.2, 0) is 6.18 Å². The zero-order chi connectivity index (χ0) is 12.3. The van der Waals surface area contributed by atoms with Crippen molar-refractivity contribution in [3.8, 4) is 0 Å². The van der Waals surface area contributed by atoms with Crippen LogP contribution >= 0.6 is 11.5 Å². The Balaban J connectivity index is 2.72. The maximum absolute atomic E-state index is 12.2. The summed E-state index contributed by atoms with van der Waals surface area (Å²) >= 11 is 0.690. The summed E-state index contributed by atoms with van der Waals surface area (Å²) in [5.74, 6) is -0.900. The summed E-state index contributed by atoms with van der Waals surface area (Å²) in [5.41, 5.74) is 5.49. The number of anilines is 1. The molecule has 0 fully saturated rings. The van der Waals surface area contributed by atoms with Gasteiger partial charge in [-0.05, 0) is 5.92 Å². The zero-order valence-corrected chi connectivity index (χ0v) is 9.69. The third kappa shape index (κ3) is 3.31. The van der Waals surface area contributed by atoms with Crippen LogP contribution in [0.4, 0.5) is 18.3 Å². The molecule has 0 radical (unpaired) electrons. The van der Waals surface area contributed by atoms with E-state index in [0.29, 0.717) is 18.1 Å². The lowest BCUT2D eigenvalue weighted by Crippen LogP contribution is -2.33. The molecule has 0 spiro atoms. The first-order valence-corrected chi connectivity index (χ1v) is 5.49. The Morgan fingerprint density at radius 1 is 1.44 bits per heavy atom. The van der Waals surface area contributed by atoms with Gasteiger partial charge in [0.2, 0.25) is 11.0 Å². The van der Waals surface area contributed by atoms with E-state index in [0.717, 1.165) is 0 Å². The van der Waals surface area contributed by atoms with E-state index in [2.05, 4.69) is 14.7 Å². The fraction of sp³-hybridized carbons (Fsp3) is 0.750. The molecule has 1 rings (SSSR count). The molecule has 0 saturated heterocycles. The normalized spacial score (nSPS) is 14.2. The van der Waals surface area contributed by atoms with Crippen molar-refractivity contribution in [1.82, 2.24) is 9.36 Å². The fourth-order valence-electron chi connectivity index (χ4n) is 1.05. The summed E-state index contributed by atoms with van der Waals surface area (Å²) in [6.07, 6.45) is -4.49. The van der Waals surface area contributed by atoms with Crippen molar-refractivity contribution in [3.05, 3.63) is 5.82 Å². The van der Waals surface area contributed by atoms with E-state index in [-0.39, 0.29) is 17.1 Å². The van der Waals surface area contributed by atoms with Gasteiger partial charge in [-0.15, -0.1) is 0 Å². The Morgan fingerprint density at radius 3 is 2.44 bits per heavy atom. The van der Waals surface area contributed by atoms with Crippen LogP contribution in [0, 0.1) is 5.92 Å². The number of aromatic nitrogens is 2. The highest BCUT2D eigenvalue weighted by molar-refractivity contribution is 7.09. The van der Waals surface area contributed by atoms with E-state index < -0.39 is 12.0 Å². The number of halogens is 3. The van der Waals surface area contributed by atoms with Gasteiger partial charge in [0, 0.05) is 24.1 Å². The van der Waals surface area contributed by atoms with Crippen LogP contribution in [0.5, 0.6) is 0 Å². The smallest absolute Gasteiger partial charge is 0.356 e. The second-order valence-corrected chi connectivity index (χ2v) is 4.40. The van der Waals surface area contributed by atoms with Crippen molar-refractivity contribution < 1.29 is 13.2 Å². The maximum atomic E-state index is 12.2. The number of hydrogen-bond donors (Lipinski definition) is 2. The molecule has 0 saturated carbocycles. The molecule has 0 aliphatic heterocycles. The van der Waals surface area contributed by atoms with Gasteiger partial charge in [0.05, 0.1) is 0 Å². The predicted molar refractivity (Wildman–Crippen MR) is 56.2 cm³/mol. The molecule has 0 aromatic carbocycles. The number of nitrogens with two attached hydrogens (primary N) is 1. The van der Waals surface area contributed by atoms with Gasteiger partial charge in [0.1, 0.15) is 0 Å². The van der Waals surface area contributed by atoms with Gasteiger partial charge >= 0.3 is 6.18 Å². The maximum Gasteiger partial charge on any atom is 0.452 e. The van der Waals surface area contributed by atoms with E-state index >= 15 is 0 Å². The number of hydrogen-bond acceptors (Lipinski definition) is 5. The average Bonchev–Trinajstić information content (AvgIpc) is 2.61. The second-order valence-electron chi connectivity index (χ2n) is 3.65. The summed E-state index contributed by atoms with van der Waals surface area (Å²) < 4.78 is 39.9. The van der Waals surface area contributed by atoms with Crippen LogP contribution in [-0.4, -0.2) is 21.9 Å². The van der Waals surface area contributed by atoms with Gasteiger partial charge in [-0.3, -0.25) is 0 Å². The summed E-state index contributed by atoms with van der Waals surface area (Å²) in [5, 5.41) is 2.99. The van der Waals surface area contributed by atoms with E-state index in [1.165, 1.54) is 0 Å². The number of rotatable bonds is 4. The average molecular weight is 254 g/mol. The molecular weight excluding hydrogens is 241 g/mol. The van der Waals surface area contributed by atoms with Crippen LogP contribution in [0.15, 0.2) is 0 Å². The van der Waals surface area contributed by atoms with Crippen molar-refractivity contribution in [2.45, 2.75) is 26.1 Å². The highest BCUT2D eigenvalue weighted by atomic mass is 32.1. The molecule has 0 amide bonds. The molecule has 92 valence electrons. The first-order chi connectivity index (χ1) is 7.34. The van der Waals surface area contributed by atoms with Gasteiger partial charge in [-0.1, -0.05) is 13.8 Å². The highest BCUT2D eigenvalue weighted by Crippen LogP contribution is 2.29. The molecule has 1 aromatic heterocycles. The van der Waals surface area contributed by atoms with Crippen LogP contribution < -0.4 is 11.1 Å². The third-order valence-corrected chi connectivity index (χ3v) is 2.69. The monoisotopic (exact) mass is 254 g/mol. The SMILES string of the molecule is CC(C)C(CN)Nc1nc(C(F)(F)F)ns1. The summed E-state index contributed by atoms with van der Waals surface area (Å²) in [6, 6.07) is -0.103. The number of nitrogens with one attached hydrogen (secondary N) is 1. The molecule has 1 heterocycles. The van der Waals surface area contributed by atoms with E-state index in [1.807, 2.05) is 13.8 Å². The van der Waals surface area contributed by atoms with Gasteiger partial charge < -0.3 is 11.1 Å². The van der Waals surface area contributed by atoms with Gasteiger partial charge in [0.25, 0.3) is 0 Å². The molecule has 16 heavy (non-hydrogen) atoms. The topological polar surface area (TPSA) is 63.8 Å². The van der Waals surface area contributed by atoms with Crippen LogP contribution in [0.2, 0.25) is 0 Å². The van der Waals surface area contributed by atoms with Crippen LogP contribution in [0.25, 0.3) is 0 Å².